The van der Waals surface area contributed by atoms with Gasteiger partial charge in [-0.1, -0.05) is 0 Å². The predicted octanol–water partition coefficient (Wildman–Crippen LogP) is 2.99. The summed E-state index contributed by atoms with van der Waals surface area (Å²) in [5, 5.41) is 8.93. The first-order chi connectivity index (χ1) is 6.27. The Hall–Kier alpha value is -1.49. The van der Waals surface area contributed by atoms with Crippen LogP contribution in [0.1, 0.15) is 25.5 Å². The molecule has 0 aliphatic heterocycles. The highest BCUT2D eigenvalue weighted by Gasteiger charge is 2.44. The van der Waals surface area contributed by atoms with Crippen molar-refractivity contribution in [2.24, 2.45) is 5.41 Å². The number of furan rings is 1. The van der Waals surface area contributed by atoms with Crippen LogP contribution in [-0.4, -0.2) is 0 Å². The van der Waals surface area contributed by atoms with E-state index in [4.69, 9.17) is 9.68 Å². The van der Waals surface area contributed by atoms with Gasteiger partial charge in [-0.25, -0.2) is 0 Å². The quantitative estimate of drug-likeness (QED) is 0.689. The molecule has 0 amide bonds. The van der Waals surface area contributed by atoms with E-state index in [9.17, 15) is 0 Å². The zero-order valence-corrected chi connectivity index (χ0v) is 7.58. The summed E-state index contributed by atoms with van der Waals surface area (Å²) in [6.07, 6.45) is 5.58. The van der Waals surface area contributed by atoms with Crippen LogP contribution in [0.5, 0.6) is 0 Å². The monoisotopic (exact) mass is 173 g/mol. The van der Waals surface area contributed by atoms with Crippen molar-refractivity contribution in [2.75, 3.05) is 0 Å². The Balaban J connectivity index is 2.23. The van der Waals surface area contributed by atoms with Crippen molar-refractivity contribution in [3.8, 4) is 6.07 Å². The van der Waals surface area contributed by atoms with E-state index in [-0.39, 0.29) is 5.41 Å². The van der Waals surface area contributed by atoms with Crippen LogP contribution in [0.4, 0.5) is 0 Å². The highest BCUT2D eigenvalue weighted by molar-refractivity contribution is 5.52. The minimum absolute atomic E-state index is 0.174. The Morgan fingerprint density at radius 3 is 2.92 bits per heavy atom. The molecule has 2 rings (SSSR count). The molecule has 1 aliphatic rings. The summed E-state index contributed by atoms with van der Waals surface area (Å²) in [6.45, 7) is 2.00. The van der Waals surface area contributed by atoms with Crippen molar-refractivity contribution in [3.05, 3.63) is 29.7 Å². The lowest BCUT2D eigenvalue weighted by Crippen LogP contribution is -1.96. The van der Waals surface area contributed by atoms with Gasteiger partial charge in [0.05, 0.1) is 17.7 Å². The minimum atomic E-state index is -0.174. The highest BCUT2D eigenvalue weighted by Crippen LogP contribution is 2.51. The van der Waals surface area contributed by atoms with Gasteiger partial charge in [0.2, 0.25) is 0 Å². The second kappa shape index (κ2) is 2.77. The third-order valence-corrected chi connectivity index (χ3v) is 2.62. The molecule has 0 spiro atoms. The van der Waals surface area contributed by atoms with Gasteiger partial charge in [0.25, 0.3) is 0 Å². The predicted molar refractivity (Wildman–Crippen MR) is 49.6 cm³/mol. The number of rotatable bonds is 2. The van der Waals surface area contributed by atoms with Gasteiger partial charge in [-0.05, 0) is 43.5 Å². The van der Waals surface area contributed by atoms with Crippen LogP contribution in [0.15, 0.2) is 28.4 Å². The molecule has 0 saturated heterocycles. The maximum Gasteiger partial charge on any atom is 0.126 e. The zero-order chi connectivity index (χ0) is 9.31. The SMILES string of the molecule is C/C(=C/c1ccco1)C1(C#N)CC1. The van der Waals surface area contributed by atoms with Gasteiger partial charge in [-0.3, -0.25) is 0 Å². The summed E-state index contributed by atoms with van der Waals surface area (Å²) in [5.74, 6) is 0.832. The Morgan fingerprint density at radius 2 is 2.46 bits per heavy atom. The normalized spacial score (nSPS) is 19.5. The second-order valence-corrected chi connectivity index (χ2v) is 3.54. The van der Waals surface area contributed by atoms with E-state index < -0.39 is 0 Å². The fourth-order valence-electron chi connectivity index (χ4n) is 1.44. The van der Waals surface area contributed by atoms with Gasteiger partial charge >= 0.3 is 0 Å². The lowest BCUT2D eigenvalue weighted by molar-refractivity contribution is 0.555. The molecular weight excluding hydrogens is 162 g/mol. The Labute approximate surface area is 77.5 Å². The van der Waals surface area contributed by atoms with E-state index in [0.29, 0.717) is 0 Å². The average molecular weight is 173 g/mol. The van der Waals surface area contributed by atoms with Gasteiger partial charge in [-0.15, -0.1) is 0 Å². The number of allylic oxidation sites excluding steroid dienone is 1. The molecule has 1 aromatic heterocycles. The third kappa shape index (κ3) is 1.38. The molecular formula is C11H11NO. The lowest BCUT2D eigenvalue weighted by atomic mass is 9.98. The number of hydrogen-bond donors (Lipinski definition) is 0. The molecule has 1 saturated carbocycles. The Kier molecular flexibility index (Phi) is 1.73. The summed E-state index contributed by atoms with van der Waals surface area (Å²) < 4.78 is 5.19. The van der Waals surface area contributed by atoms with Gasteiger partial charge in [0.15, 0.2) is 0 Å². The first kappa shape index (κ1) is 8.12. The van der Waals surface area contributed by atoms with Crippen LogP contribution in [0.3, 0.4) is 0 Å². The van der Waals surface area contributed by atoms with E-state index in [0.717, 1.165) is 24.2 Å². The molecule has 0 unspecified atom stereocenters. The smallest absolute Gasteiger partial charge is 0.126 e. The van der Waals surface area contributed by atoms with Gasteiger partial charge in [0.1, 0.15) is 5.76 Å². The lowest BCUT2D eigenvalue weighted by Gasteiger charge is -2.03. The molecule has 1 aliphatic carbocycles. The topological polar surface area (TPSA) is 36.9 Å². The fourth-order valence-corrected chi connectivity index (χ4v) is 1.44. The minimum Gasteiger partial charge on any atom is -0.465 e. The van der Waals surface area contributed by atoms with Crippen molar-refractivity contribution in [1.29, 1.82) is 5.26 Å². The summed E-state index contributed by atoms with van der Waals surface area (Å²) >= 11 is 0. The molecule has 2 heteroatoms. The highest BCUT2D eigenvalue weighted by atomic mass is 16.3. The van der Waals surface area contributed by atoms with Crippen LogP contribution < -0.4 is 0 Å². The molecule has 1 fully saturated rings. The van der Waals surface area contributed by atoms with E-state index >= 15 is 0 Å². The molecule has 1 heterocycles. The van der Waals surface area contributed by atoms with Crippen molar-refractivity contribution in [3.63, 3.8) is 0 Å². The summed E-state index contributed by atoms with van der Waals surface area (Å²) in [6, 6.07) is 6.11. The molecule has 0 radical (unpaired) electrons. The Morgan fingerprint density at radius 1 is 1.69 bits per heavy atom. The second-order valence-electron chi connectivity index (χ2n) is 3.54. The maximum atomic E-state index is 8.93. The molecule has 66 valence electrons. The van der Waals surface area contributed by atoms with Crippen LogP contribution in [-0.2, 0) is 0 Å². The first-order valence-corrected chi connectivity index (χ1v) is 4.40. The number of nitrogens with zero attached hydrogens (tertiary/aromatic N) is 1. The zero-order valence-electron chi connectivity index (χ0n) is 7.58. The van der Waals surface area contributed by atoms with Crippen molar-refractivity contribution < 1.29 is 4.42 Å². The van der Waals surface area contributed by atoms with Crippen molar-refractivity contribution >= 4 is 6.08 Å². The number of nitriles is 1. The summed E-state index contributed by atoms with van der Waals surface area (Å²) in [5.41, 5.74) is 0.942. The van der Waals surface area contributed by atoms with E-state index in [2.05, 4.69) is 6.07 Å². The molecule has 2 nitrogen and oxygen atoms in total. The third-order valence-electron chi connectivity index (χ3n) is 2.62. The van der Waals surface area contributed by atoms with Crippen LogP contribution in [0.2, 0.25) is 0 Å². The summed E-state index contributed by atoms with van der Waals surface area (Å²) in [7, 11) is 0. The number of hydrogen-bond acceptors (Lipinski definition) is 2. The van der Waals surface area contributed by atoms with Gasteiger partial charge in [0, 0.05) is 0 Å². The van der Waals surface area contributed by atoms with Crippen LogP contribution in [0, 0.1) is 16.7 Å². The maximum absolute atomic E-state index is 8.93. The molecule has 0 N–H and O–H groups in total. The fraction of sp³-hybridized carbons (Fsp3) is 0.364. The van der Waals surface area contributed by atoms with E-state index in [1.54, 1.807) is 6.26 Å². The van der Waals surface area contributed by atoms with Crippen LogP contribution in [0.25, 0.3) is 6.08 Å². The Bertz CT molecular complexity index is 363. The molecule has 0 atom stereocenters. The molecule has 1 aromatic rings. The molecule has 0 aromatic carbocycles. The largest absolute Gasteiger partial charge is 0.465 e. The molecule has 0 bridgehead atoms. The standard InChI is InChI=1S/C11H11NO/c1-9(11(8-12)4-5-11)7-10-3-2-6-13-10/h2-3,6-7H,4-5H2,1H3/b9-7-. The van der Waals surface area contributed by atoms with Crippen LogP contribution >= 0.6 is 0 Å². The van der Waals surface area contributed by atoms with E-state index in [1.165, 1.54) is 0 Å². The van der Waals surface area contributed by atoms with Crippen molar-refractivity contribution in [1.82, 2.24) is 0 Å². The summed E-state index contributed by atoms with van der Waals surface area (Å²) in [4.78, 5) is 0. The average Bonchev–Trinajstić information content (AvgIpc) is 2.79. The van der Waals surface area contributed by atoms with Gasteiger partial charge < -0.3 is 4.42 Å². The van der Waals surface area contributed by atoms with Crippen molar-refractivity contribution in [2.45, 2.75) is 19.8 Å². The molecule has 13 heavy (non-hydrogen) atoms. The van der Waals surface area contributed by atoms with E-state index in [1.807, 2.05) is 25.1 Å². The van der Waals surface area contributed by atoms with Gasteiger partial charge in [-0.2, -0.15) is 5.26 Å². The first-order valence-electron chi connectivity index (χ1n) is 4.40.